The number of aromatic amines is 1. The van der Waals surface area contributed by atoms with E-state index in [0.717, 1.165) is 63.4 Å². The van der Waals surface area contributed by atoms with Crippen LogP contribution in [0.15, 0.2) is 89.6 Å². The number of hydrogen-bond donors (Lipinski definition) is 4. The molecule has 1 aliphatic carbocycles. The van der Waals surface area contributed by atoms with Crippen molar-refractivity contribution in [2.45, 2.75) is 51.0 Å². The van der Waals surface area contributed by atoms with Gasteiger partial charge in [0.1, 0.15) is 23.0 Å². The number of anilines is 2. The van der Waals surface area contributed by atoms with Crippen molar-refractivity contribution in [1.29, 1.82) is 0 Å². The van der Waals surface area contributed by atoms with E-state index in [1.807, 2.05) is 35.3 Å². The van der Waals surface area contributed by atoms with Gasteiger partial charge in [-0.2, -0.15) is 0 Å². The van der Waals surface area contributed by atoms with Gasteiger partial charge in [0.05, 0.1) is 17.4 Å². The van der Waals surface area contributed by atoms with Crippen LogP contribution in [0.1, 0.15) is 56.0 Å². The summed E-state index contributed by atoms with van der Waals surface area (Å²) in [5.41, 5.74) is 4.08. The fraction of sp³-hybridized carbons (Fsp3) is 0.404. The van der Waals surface area contributed by atoms with Gasteiger partial charge in [0.15, 0.2) is 0 Å². The molecule has 5 aromatic rings. The van der Waals surface area contributed by atoms with Crippen molar-refractivity contribution in [3.05, 3.63) is 117 Å². The first-order valence-corrected chi connectivity index (χ1v) is 27.0. The van der Waals surface area contributed by atoms with Gasteiger partial charge in [-0.1, -0.05) is 43.2 Å². The number of fused-ring (bicyclic) bond motifs is 1. The van der Waals surface area contributed by atoms with Crippen LogP contribution in [0.3, 0.4) is 0 Å². The number of benzene rings is 3. The number of allylic oxidation sites excluding steroid dienone is 1. The number of piperazine rings is 1. The predicted octanol–water partition coefficient (Wildman–Crippen LogP) is 8.36. The maximum atomic E-state index is 16.4. The molecule has 15 nitrogen and oxygen atoms in total. The number of nitro benzene ring substituents is 1. The fourth-order valence-electron chi connectivity index (χ4n) is 9.13. The fourth-order valence-corrected chi connectivity index (χ4v) is 12.1. The number of nitrogens with zero attached hydrogens (tertiary/aromatic N) is 5. The zero-order valence-corrected chi connectivity index (χ0v) is 40.1. The summed E-state index contributed by atoms with van der Waals surface area (Å²) in [4.78, 5) is 49.3. The van der Waals surface area contributed by atoms with Crippen molar-refractivity contribution in [1.82, 2.24) is 24.5 Å². The minimum atomic E-state index is -4.73. The van der Waals surface area contributed by atoms with Crippen molar-refractivity contribution >= 4 is 68.7 Å². The van der Waals surface area contributed by atoms with E-state index in [-0.39, 0.29) is 34.3 Å². The number of aromatic nitrogens is 2. The van der Waals surface area contributed by atoms with Crippen LogP contribution in [0.5, 0.6) is 11.5 Å². The summed E-state index contributed by atoms with van der Waals surface area (Å²) in [6.45, 7) is 13.5. The molecule has 0 bridgehead atoms. The Hall–Kier alpha value is -5.16. The van der Waals surface area contributed by atoms with E-state index >= 15 is 4.39 Å². The van der Waals surface area contributed by atoms with E-state index in [1.165, 1.54) is 41.1 Å². The maximum absolute atomic E-state index is 16.4. The van der Waals surface area contributed by atoms with Gasteiger partial charge < -0.3 is 14.6 Å². The number of sulfonamides is 1. The molecule has 4 N–H and O–H groups in total. The minimum absolute atomic E-state index is 0.108. The van der Waals surface area contributed by atoms with Crippen LogP contribution < -0.4 is 19.7 Å². The third kappa shape index (κ3) is 11.2. The molecule has 1 amide bonds. The summed E-state index contributed by atoms with van der Waals surface area (Å²) in [7, 11) is -6.90. The van der Waals surface area contributed by atoms with Gasteiger partial charge >= 0.3 is 147 Å². The van der Waals surface area contributed by atoms with Crippen LogP contribution in [0, 0.1) is 21.3 Å². The Morgan fingerprint density at radius 2 is 1.77 bits per heavy atom. The van der Waals surface area contributed by atoms with Crippen LogP contribution in [0.4, 0.5) is 21.5 Å². The Kier molecular flexibility index (Phi) is 13.8. The molecule has 2 saturated heterocycles. The summed E-state index contributed by atoms with van der Waals surface area (Å²) >= 11 is 6.23. The van der Waals surface area contributed by atoms with E-state index in [2.05, 4.69) is 51.1 Å². The van der Waals surface area contributed by atoms with Crippen molar-refractivity contribution < 1.29 is 32.2 Å². The van der Waals surface area contributed by atoms with Crippen LogP contribution in [-0.2, 0) is 10.0 Å². The molecule has 0 saturated carbocycles. The van der Waals surface area contributed by atoms with Gasteiger partial charge in [0.2, 0.25) is 0 Å². The standard InChI is InChI=1S/C47H57ClFN8O7PS/c1-31(29-55-19-21-65(4,61)22-20-55)52-41-10-9-37(24-43(41)57(59)60)66(62,63)53-46(58)38-25-40(49)42(26-44(38)64-36-23-33-12-14-50-45(33)51-28-36)56-17-15-54(16-18-56)30-34-11-13-47(2,3)27-39(34)32-5-7-35(48)8-6-32/h5-10,12,14,23-26,28,31,52,61,65H,11,13,15-22,27,29-30H2,1-4H3,(H,50,51)(H,53,58)/t31-/m0/s1. The molecule has 19 heteroatoms. The number of ether oxygens (including phenoxy) is 1. The molecule has 8 rings (SSSR count). The Morgan fingerprint density at radius 1 is 1.05 bits per heavy atom. The molecule has 352 valence electrons. The third-order valence-electron chi connectivity index (χ3n) is 13.0. The Bertz CT molecular complexity index is 2770. The number of hydrogen-bond acceptors (Lipinski definition) is 12. The van der Waals surface area contributed by atoms with Gasteiger partial charge in [-0.15, -0.1) is 0 Å². The van der Waals surface area contributed by atoms with Gasteiger partial charge in [0, 0.05) is 55.4 Å². The third-order valence-corrected chi connectivity index (χ3v) is 17.2. The van der Waals surface area contributed by atoms with Crippen molar-refractivity contribution in [2.75, 3.05) is 81.6 Å². The number of carbonyl (C=O) groups excluding carboxylic acids is 1. The number of amides is 1. The Morgan fingerprint density at radius 3 is 2.48 bits per heavy atom. The van der Waals surface area contributed by atoms with Crippen LogP contribution in [0.2, 0.25) is 5.02 Å². The molecular weight excluding hydrogens is 906 g/mol. The molecule has 0 radical (unpaired) electrons. The quantitative estimate of drug-likeness (QED) is 0.0474. The second-order valence-electron chi connectivity index (χ2n) is 18.9. The number of nitrogens with one attached hydrogen (secondary N) is 3. The molecule has 3 aliphatic rings. The number of rotatable bonds is 14. The molecule has 0 unspecified atom stereocenters. The zero-order chi connectivity index (χ0) is 47.0. The molecule has 4 heterocycles. The van der Waals surface area contributed by atoms with Gasteiger partial charge in [-0.25, -0.2) is 9.37 Å². The first-order valence-electron chi connectivity index (χ1n) is 22.3. The van der Waals surface area contributed by atoms with E-state index in [0.29, 0.717) is 48.8 Å². The van der Waals surface area contributed by atoms with Crippen molar-refractivity contribution in [3.8, 4) is 11.5 Å². The summed E-state index contributed by atoms with van der Waals surface area (Å²) in [6.07, 6.45) is 7.65. The normalized spacial score (nSPS) is 19.0. The van der Waals surface area contributed by atoms with E-state index in [4.69, 9.17) is 16.3 Å². The van der Waals surface area contributed by atoms with E-state index < -0.39 is 50.3 Å². The number of halogens is 2. The molecule has 2 fully saturated rings. The van der Waals surface area contributed by atoms with E-state index in [1.54, 1.807) is 18.3 Å². The second kappa shape index (κ2) is 19.2. The summed E-state index contributed by atoms with van der Waals surface area (Å²) in [5.74, 6) is -1.83. The summed E-state index contributed by atoms with van der Waals surface area (Å²) in [5, 5.41) is 16.8. The van der Waals surface area contributed by atoms with Crippen molar-refractivity contribution in [2.24, 2.45) is 5.41 Å². The second-order valence-corrected chi connectivity index (χ2v) is 25.0. The van der Waals surface area contributed by atoms with Crippen LogP contribution >= 0.6 is 19.1 Å². The molecule has 66 heavy (non-hydrogen) atoms. The Labute approximate surface area is 390 Å². The molecule has 2 aromatic heterocycles. The van der Waals surface area contributed by atoms with Gasteiger partial charge in [-0.05, 0) is 66.1 Å². The SMILES string of the molecule is C[C@@H](CN1CC[PH](C)(O)CC1)Nc1ccc(S(=O)(=O)NC(=O)c2cc(F)c(N3CCN(CC4=C(c5ccc(Cl)cc5)CC(C)(C)CC4)CC3)cc2Oc2cnc3[nH]ccc3c2)cc1[N+](=O)[O-]. The van der Waals surface area contributed by atoms with Crippen LogP contribution in [0.25, 0.3) is 16.6 Å². The van der Waals surface area contributed by atoms with Gasteiger partial charge in [0.25, 0.3) is 5.91 Å². The van der Waals surface area contributed by atoms with Crippen molar-refractivity contribution in [3.63, 3.8) is 0 Å². The number of carbonyl (C=O) groups is 1. The molecular formula is C47H57ClFN8O7PS. The Balaban J connectivity index is 1.01. The van der Waals surface area contributed by atoms with Crippen LogP contribution in [-0.4, -0.2) is 121 Å². The van der Waals surface area contributed by atoms with Gasteiger partial charge in [-0.3, -0.25) is 9.69 Å². The molecule has 0 spiro atoms. The first kappa shape index (κ1) is 47.3. The molecule has 3 aromatic carbocycles. The number of nitro groups is 1. The zero-order valence-electron chi connectivity index (χ0n) is 37.6. The summed E-state index contributed by atoms with van der Waals surface area (Å²) < 4.78 is 52.1. The topological polar surface area (TPSA) is 186 Å². The molecule has 2 aliphatic heterocycles. The first-order chi connectivity index (χ1) is 31.3. The van der Waals surface area contributed by atoms with E-state index in [9.17, 15) is 28.2 Å². The average molecular weight is 964 g/mol. The predicted molar refractivity (Wildman–Crippen MR) is 261 cm³/mol. The molecule has 1 atom stereocenters. The number of H-pyrrole nitrogens is 1. The number of pyridine rings is 1. The monoisotopic (exact) mass is 962 g/mol. The summed E-state index contributed by atoms with van der Waals surface area (Å²) in [6, 6.07) is 17.0. The average Bonchev–Trinajstić information content (AvgIpc) is 3.74.